The summed E-state index contributed by atoms with van der Waals surface area (Å²) in [5.74, 6) is 4.08. The first-order valence-electron chi connectivity index (χ1n) is 13.5. The van der Waals surface area contributed by atoms with Crippen molar-refractivity contribution in [1.29, 1.82) is 0 Å². The second kappa shape index (κ2) is 9.23. The molecular formula is C30H30ClNO5S. The van der Waals surface area contributed by atoms with Gasteiger partial charge in [0.15, 0.2) is 11.5 Å². The maximum Gasteiger partial charge on any atom is 0.293 e. The number of halogens is 1. The number of nitrogens with zero attached hydrogens (tertiary/aromatic N) is 1. The number of thioether (sulfide) groups is 1. The molecule has 6 aliphatic rings. The van der Waals surface area contributed by atoms with Gasteiger partial charge < -0.3 is 14.2 Å². The summed E-state index contributed by atoms with van der Waals surface area (Å²) in [6.45, 7) is 2.69. The first kappa shape index (κ1) is 24.4. The monoisotopic (exact) mass is 551 g/mol. The lowest BCUT2D eigenvalue weighted by molar-refractivity contribution is -0.123. The van der Waals surface area contributed by atoms with E-state index >= 15 is 0 Å². The molecule has 2 aliphatic heterocycles. The van der Waals surface area contributed by atoms with Gasteiger partial charge in [0, 0.05) is 16.7 Å². The number of hydrogen-bond donors (Lipinski definition) is 0. The number of carbonyl (C=O) groups excluding carboxylic acids is 2. The van der Waals surface area contributed by atoms with E-state index in [4.69, 9.17) is 25.8 Å². The summed E-state index contributed by atoms with van der Waals surface area (Å²) in [5, 5.41) is 0.115. The molecule has 1 saturated heterocycles. The minimum Gasteiger partial charge on any atom is -0.493 e. The Bertz CT molecular complexity index is 1340. The fourth-order valence-electron chi connectivity index (χ4n) is 7.77. The van der Waals surface area contributed by atoms with Crippen LogP contribution >= 0.6 is 23.4 Å². The SMILES string of the molecule is CCOc1ccc(C23CC4CC(CC(C4)C2)C3)cc1/C=C1/SC(=O)N(Cc2cc3c(cc2Cl)OCO3)C1=O. The van der Waals surface area contributed by atoms with E-state index in [1.807, 2.05) is 13.0 Å². The summed E-state index contributed by atoms with van der Waals surface area (Å²) >= 11 is 7.39. The molecule has 2 heterocycles. The fourth-order valence-corrected chi connectivity index (χ4v) is 8.81. The van der Waals surface area contributed by atoms with Gasteiger partial charge in [-0.2, -0.15) is 0 Å². The van der Waals surface area contributed by atoms with Gasteiger partial charge in [0.05, 0.1) is 18.1 Å². The van der Waals surface area contributed by atoms with Crippen LogP contribution in [0.15, 0.2) is 35.2 Å². The Morgan fingerprint density at radius 1 is 1.05 bits per heavy atom. The highest BCUT2D eigenvalue weighted by Crippen LogP contribution is 2.61. The van der Waals surface area contributed by atoms with Crippen LogP contribution in [0.4, 0.5) is 4.79 Å². The maximum absolute atomic E-state index is 13.4. The Kier molecular flexibility index (Phi) is 5.93. The molecule has 5 fully saturated rings. The third kappa shape index (κ3) is 4.10. The highest BCUT2D eigenvalue weighted by Gasteiger charge is 2.51. The normalized spacial score (nSPS) is 30.1. The molecule has 2 aromatic carbocycles. The Labute approximate surface area is 231 Å². The molecule has 8 rings (SSSR count). The predicted octanol–water partition coefficient (Wildman–Crippen LogP) is 7.17. The average molecular weight is 552 g/mol. The predicted molar refractivity (Wildman–Crippen MR) is 147 cm³/mol. The zero-order valence-electron chi connectivity index (χ0n) is 21.3. The highest BCUT2D eigenvalue weighted by molar-refractivity contribution is 8.18. The van der Waals surface area contributed by atoms with Crippen molar-refractivity contribution in [3.05, 3.63) is 56.9 Å². The lowest BCUT2D eigenvalue weighted by atomic mass is 9.48. The van der Waals surface area contributed by atoms with Gasteiger partial charge in [-0.15, -0.1) is 0 Å². The molecule has 0 radical (unpaired) electrons. The second-order valence-corrected chi connectivity index (χ2v) is 12.8. The maximum atomic E-state index is 13.4. The molecule has 2 amide bonds. The van der Waals surface area contributed by atoms with E-state index in [0.717, 1.165) is 40.8 Å². The quantitative estimate of drug-likeness (QED) is 0.354. The zero-order chi connectivity index (χ0) is 26.0. The van der Waals surface area contributed by atoms with Crippen molar-refractivity contribution in [2.75, 3.05) is 13.4 Å². The Morgan fingerprint density at radius 2 is 1.74 bits per heavy atom. The summed E-state index contributed by atoms with van der Waals surface area (Å²) in [6.07, 6.45) is 9.80. The lowest BCUT2D eigenvalue weighted by Gasteiger charge is -2.57. The van der Waals surface area contributed by atoms with Crippen LogP contribution in [-0.4, -0.2) is 29.4 Å². The molecule has 8 heteroatoms. The van der Waals surface area contributed by atoms with Crippen molar-refractivity contribution < 1.29 is 23.8 Å². The average Bonchev–Trinajstić information content (AvgIpc) is 3.43. The number of hydrogen-bond acceptors (Lipinski definition) is 6. The number of fused-ring (bicyclic) bond motifs is 1. The van der Waals surface area contributed by atoms with Crippen LogP contribution in [0.1, 0.15) is 62.1 Å². The van der Waals surface area contributed by atoms with E-state index in [-0.39, 0.29) is 29.9 Å². The summed E-state index contributed by atoms with van der Waals surface area (Å²) < 4.78 is 16.8. The Balaban J connectivity index is 1.19. The third-order valence-electron chi connectivity index (χ3n) is 8.99. The van der Waals surface area contributed by atoms with Crippen LogP contribution in [0.25, 0.3) is 6.08 Å². The molecular weight excluding hydrogens is 522 g/mol. The highest BCUT2D eigenvalue weighted by atomic mass is 35.5. The van der Waals surface area contributed by atoms with Crippen LogP contribution in [0.2, 0.25) is 5.02 Å². The number of amides is 2. The van der Waals surface area contributed by atoms with E-state index in [2.05, 4.69) is 18.2 Å². The zero-order valence-corrected chi connectivity index (χ0v) is 22.9. The number of carbonyl (C=O) groups is 2. The first-order valence-corrected chi connectivity index (χ1v) is 14.7. The fraction of sp³-hybridized carbons (Fsp3) is 0.467. The molecule has 0 unspecified atom stereocenters. The smallest absolute Gasteiger partial charge is 0.293 e. The molecule has 38 heavy (non-hydrogen) atoms. The van der Waals surface area contributed by atoms with Gasteiger partial charge in [0.1, 0.15) is 5.75 Å². The van der Waals surface area contributed by atoms with Gasteiger partial charge in [0.2, 0.25) is 6.79 Å². The van der Waals surface area contributed by atoms with Gasteiger partial charge in [-0.1, -0.05) is 17.7 Å². The topological polar surface area (TPSA) is 65.1 Å². The number of ether oxygens (including phenoxy) is 3. The Morgan fingerprint density at radius 3 is 2.42 bits per heavy atom. The molecule has 0 spiro atoms. The molecule has 198 valence electrons. The van der Waals surface area contributed by atoms with Gasteiger partial charge >= 0.3 is 0 Å². The van der Waals surface area contributed by atoms with Crippen molar-refractivity contribution in [2.24, 2.45) is 17.8 Å². The van der Waals surface area contributed by atoms with Crippen molar-refractivity contribution in [3.8, 4) is 17.2 Å². The van der Waals surface area contributed by atoms with Crippen LogP contribution in [0.5, 0.6) is 17.2 Å². The van der Waals surface area contributed by atoms with E-state index in [1.54, 1.807) is 12.1 Å². The molecule has 6 nitrogen and oxygen atoms in total. The summed E-state index contributed by atoms with van der Waals surface area (Å²) in [7, 11) is 0. The summed E-state index contributed by atoms with van der Waals surface area (Å²) in [4.78, 5) is 28.0. The van der Waals surface area contributed by atoms with Crippen molar-refractivity contribution >= 4 is 40.6 Å². The van der Waals surface area contributed by atoms with Crippen molar-refractivity contribution in [2.45, 2.75) is 57.4 Å². The Hall–Kier alpha value is -2.64. The molecule has 4 bridgehead atoms. The number of rotatable bonds is 6. The number of benzene rings is 2. The van der Waals surface area contributed by atoms with Crippen LogP contribution < -0.4 is 14.2 Å². The van der Waals surface area contributed by atoms with Gasteiger partial charge in [-0.05, 0) is 116 Å². The molecule has 0 atom stereocenters. The van der Waals surface area contributed by atoms with E-state index in [1.165, 1.54) is 49.0 Å². The minimum atomic E-state index is -0.323. The van der Waals surface area contributed by atoms with Gasteiger partial charge in [-0.3, -0.25) is 14.5 Å². The van der Waals surface area contributed by atoms with Gasteiger partial charge in [0.25, 0.3) is 11.1 Å². The van der Waals surface area contributed by atoms with Gasteiger partial charge in [-0.25, -0.2) is 0 Å². The van der Waals surface area contributed by atoms with Crippen LogP contribution in [-0.2, 0) is 16.8 Å². The van der Waals surface area contributed by atoms with Crippen LogP contribution in [0.3, 0.4) is 0 Å². The number of imide groups is 1. The second-order valence-electron chi connectivity index (χ2n) is 11.4. The lowest BCUT2D eigenvalue weighted by Crippen LogP contribution is -2.48. The summed E-state index contributed by atoms with van der Waals surface area (Å²) in [6, 6.07) is 9.92. The third-order valence-corrected chi connectivity index (χ3v) is 10.2. The van der Waals surface area contributed by atoms with Crippen molar-refractivity contribution in [3.63, 3.8) is 0 Å². The molecule has 0 N–H and O–H groups in total. The van der Waals surface area contributed by atoms with E-state index < -0.39 is 0 Å². The standard InChI is InChI=1S/C30H30ClNO5S/c1-2-35-24-4-3-22(30-12-17-5-18(13-30)7-19(6-17)14-30)8-20(24)10-27-28(33)32(29(34)38-27)15-21-9-25-26(11-23(21)31)37-16-36-25/h3-4,8-11,17-19H,2,5-7,12-16H2,1H3/b27-10+. The largest absolute Gasteiger partial charge is 0.493 e. The minimum absolute atomic E-state index is 0.0725. The first-order chi connectivity index (χ1) is 18.4. The molecule has 4 aliphatic carbocycles. The van der Waals surface area contributed by atoms with Crippen LogP contribution in [0, 0.1) is 17.8 Å². The van der Waals surface area contributed by atoms with E-state index in [9.17, 15) is 9.59 Å². The van der Waals surface area contributed by atoms with Crippen molar-refractivity contribution in [1.82, 2.24) is 4.90 Å². The summed E-state index contributed by atoms with van der Waals surface area (Å²) in [5.41, 5.74) is 3.10. The van der Waals surface area contributed by atoms with E-state index in [0.29, 0.717) is 33.6 Å². The molecule has 4 saturated carbocycles. The molecule has 0 aromatic heterocycles. The molecule has 2 aromatic rings.